The second-order valence-electron chi connectivity index (χ2n) is 4.04. The highest BCUT2D eigenvalue weighted by molar-refractivity contribution is 7.81. The molecule has 0 atom stereocenters. The lowest BCUT2D eigenvalue weighted by Gasteiger charge is -2.16. The molecule has 0 saturated heterocycles. The fraction of sp³-hybridized carbons (Fsp3) is 0.778. The molecule has 0 rings (SSSR count). The third-order valence-corrected chi connectivity index (χ3v) is 4.92. The quantitative estimate of drug-likeness (QED) is 0.490. The first-order valence-corrected chi connectivity index (χ1v) is 9.62. The summed E-state index contributed by atoms with van der Waals surface area (Å²) in [5, 5.41) is 0. The van der Waals surface area contributed by atoms with Crippen LogP contribution in [0.3, 0.4) is 0 Å². The highest BCUT2D eigenvalue weighted by Gasteiger charge is 2.21. The Kier molecular flexibility index (Phi) is 6.34. The fourth-order valence-corrected chi connectivity index (χ4v) is 2.92. The molecule has 90 valence electrons. The van der Waals surface area contributed by atoms with Gasteiger partial charge in [-0.15, -0.1) is 6.58 Å². The van der Waals surface area contributed by atoms with Crippen molar-refractivity contribution < 1.29 is 16.8 Å². The van der Waals surface area contributed by atoms with Gasteiger partial charge in [-0.2, -0.15) is 8.42 Å². The van der Waals surface area contributed by atoms with E-state index in [-0.39, 0.29) is 12.8 Å². The summed E-state index contributed by atoms with van der Waals surface area (Å²) in [6.45, 7) is 9.75. The molecule has 0 aromatic rings. The van der Waals surface area contributed by atoms with Crippen LogP contribution < -0.4 is 0 Å². The van der Waals surface area contributed by atoms with E-state index in [1.165, 1.54) is 0 Å². The number of unbranched alkanes of at least 4 members (excludes halogenated alkanes) is 1. The molecule has 0 bridgehead atoms. The van der Waals surface area contributed by atoms with Crippen molar-refractivity contribution in [3.8, 4) is 0 Å². The van der Waals surface area contributed by atoms with Crippen molar-refractivity contribution in [2.75, 3.05) is 12.8 Å². The topological polar surface area (TPSA) is 52.6 Å². The first kappa shape index (κ1) is 14.8. The Labute approximate surface area is 93.6 Å². The molecule has 0 aromatic carbocycles. The predicted molar refractivity (Wildman–Crippen MR) is 63.4 cm³/mol. The first-order chi connectivity index (χ1) is 6.83. The van der Waals surface area contributed by atoms with Crippen molar-refractivity contribution in [2.45, 2.75) is 32.9 Å². The van der Waals surface area contributed by atoms with E-state index in [2.05, 4.69) is 10.8 Å². The molecule has 0 saturated carbocycles. The van der Waals surface area contributed by atoms with E-state index in [1.54, 1.807) is 5.70 Å². The zero-order chi connectivity index (χ0) is 11.9. The molecule has 15 heavy (non-hydrogen) atoms. The van der Waals surface area contributed by atoms with Gasteiger partial charge >= 0.3 is 10.4 Å². The summed E-state index contributed by atoms with van der Waals surface area (Å²) in [5.74, 6) is 0. The second kappa shape index (κ2) is 6.42. The van der Waals surface area contributed by atoms with Gasteiger partial charge < -0.3 is 0 Å². The summed E-state index contributed by atoms with van der Waals surface area (Å²) in [6, 6.07) is 0. The summed E-state index contributed by atoms with van der Waals surface area (Å²) in [6.07, 6.45) is 1.79. The van der Waals surface area contributed by atoms with E-state index in [9.17, 15) is 8.42 Å². The summed E-state index contributed by atoms with van der Waals surface area (Å²) >= 11 is 0. The number of hydrogen-bond donors (Lipinski definition) is 0. The van der Waals surface area contributed by atoms with Gasteiger partial charge in [-0.25, -0.2) is 4.18 Å². The number of rotatable bonds is 8. The average molecular weight is 252 g/mol. The van der Waals surface area contributed by atoms with Crippen LogP contribution in [0.2, 0.25) is 13.1 Å². The molecular formula is C9H20O4SSi. The van der Waals surface area contributed by atoms with E-state index < -0.39 is 18.5 Å². The van der Waals surface area contributed by atoms with Crippen LogP contribution in [-0.4, -0.2) is 29.3 Å². The van der Waals surface area contributed by atoms with Crippen LogP contribution in [0.5, 0.6) is 0 Å². The average Bonchev–Trinajstić information content (AvgIpc) is 2.16. The summed E-state index contributed by atoms with van der Waals surface area (Å²) in [4.78, 5) is 0. The Morgan fingerprint density at radius 3 is 2.40 bits per heavy atom. The van der Waals surface area contributed by atoms with Gasteiger partial charge in [-0.1, -0.05) is 32.1 Å². The van der Waals surface area contributed by atoms with Crippen LogP contribution in [0.1, 0.15) is 19.8 Å². The van der Waals surface area contributed by atoms with E-state index in [0.29, 0.717) is 6.42 Å². The van der Waals surface area contributed by atoms with Gasteiger partial charge in [0.2, 0.25) is 0 Å². The van der Waals surface area contributed by atoms with Gasteiger partial charge in [0.1, 0.15) is 8.07 Å². The lowest BCUT2D eigenvalue weighted by molar-refractivity contribution is 0.231. The van der Waals surface area contributed by atoms with Crippen molar-refractivity contribution >= 4 is 18.5 Å². The van der Waals surface area contributed by atoms with Crippen LogP contribution in [-0.2, 0) is 18.8 Å². The van der Waals surface area contributed by atoms with E-state index >= 15 is 0 Å². The highest BCUT2D eigenvalue weighted by Crippen LogP contribution is 2.07. The Bertz CT molecular complexity index is 284. The van der Waals surface area contributed by atoms with Gasteiger partial charge in [-0.05, 0) is 6.42 Å². The molecule has 6 heteroatoms. The molecule has 0 aliphatic rings. The maximum absolute atomic E-state index is 11.2. The van der Waals surface area contributed by atoms with Crippen LogP contribution in [0.4, 0.5) is 0 Å². The molecule has 0 spiro atoms. The summed E-state index contributed by atoms with van der Waals surface area (Å²) < 4.78 is 31.8. The molecule has 0 unspecified atom stereocenters. The van der Waals surface area contributed by atoms with E-state index in [4.69, 9.17) is 4.18 Å². The minimum atomic E-state index is -3.81. The third-order valence-electron chi connectivity index (χ3n) is 1.85. The van der Waals surface area contributed by atoms with Gasteiger partial charge in [0.25, 0.3) is 0 Å². The molecule has 0 aliphatic heterocycles. The summed E-state index contributed by atoms with van der Waals surface area (Å²) in [7, 11) is -5.56. The first-order valence-electron chi connectivity index (χ1n) is 5.00. The van der Waals surface area contributed by atoms with Gasteiger partial charge in [-0.3, -0.25) is 4.18 Å². The van der Waals surface area contributed by atoms with Crippen molar-refractivity contribution in [1.29, 1.82) is 0 Å². The van der Waals surface area contributed by atoms with Crippen molar-refractivity contribution in [2.24, 2.45) is 0 Å². The molecule has 0 amide bonds. The molecule has 0 aliphatic carbocycles. The standard InChI is InChI=1S/C9H20O4SSi/c1-5-7-8-12-14(10,11)13-9-15(3,4)6-2/h6H,2,5,7-9H2,1,3-4H3. The maximum Gasteiger partial charge on any atom is 0.399 e. The van der Waals surface area contributed by atoms with E-state index in [1.807, 2.05) is 20.0 Å². The minimum absolute atomic E-state index is 0.185. The predicted octanol–water partition coefficient (Wildman–Crippen LogP) is 2.04. The normalized spacial score (nSPS) is 12.7. The second-order valence-corrected chi connectivity index (χ2v) is 10.0. The van der Waals surface area contributed by atoms with Crippen LogP contribution in [0.15, 0.2) is 12.3 Å². The van der Waals surface area contributed by atoms with Crippen LogP contribution >= 0.6 is 0 Å². The van der Waals surface area contributed by atoms with Crippen LogP contribution in [0, 0.1) is 0 Å². The van der Waals surface area contributed by atoms with Crippen LogP contribution in [0.25, 0.3) is 0 Å². The van der Waals surface area contributed by atoms with E-state index in [0.717, 1.165) is 6.42 Å². The fourth-order valence-electron chi connectivity index (χ4n) is 0.622. The van der Waals surface area contributed by atoms with Crippen molar-refractivity contribution in [1.82, 2.24) is 0 Å². The Morgan fingerprint density at radius 1 is 1.33 bits per heavy atom. The minimum Gasteiger partial charge on any atom is -0.251 e. The zero-order valence-corrected chi connectivity index (χ0v) is 11.5. The largest absolute Gasteiger partial charge is 0.399 e. The van der Waals surface area contributed by atoms with Gasteiger partial charge in [0, 0.05) is 0 Å². The third kappa shape index (κ3) is 7.72. The highest BCUT2D eigenvalue weighted by atomic mass is 32.3. The Balaban J connectivity index is 3.99. The lowest BCUT2D eigenvalue weighted by Crippen LogP contribution is -2.32. The Morgan fingerprint density at radius 2 is 1.93 bits per heavy atom. The van der Waals surface area contributed by atoms with Gasteiger partial charge in [0.05, 0.1) is 12.8 Å². The SMILES string of the molecule is C=C[Si](C)(C)COS(=O)(=O)OCCCC. The summed E-state index contributed by atoms with van der Waals surface area (Å²) in [5.41, 5.74) is 1.79. The molecule has 0 fully saturated rings. The zero-order valence-electron chi connectivity index (χ0n) is 9.65. The smallest absolute Gasteiger partial charge is 0.251 e. The number of hydrogen-bond acceptors (Lipinski definition) is 4. The lowest BCUT2D eigenvalue weighted by atomic mass is 10.4. The van der Waals surface area contributed by atoms with Crippen molar-refractivity contribution in [3.63, 3.8) is 0 Å². The maximum atomic E-state index is 11.2. The molecule has 0 aromatic heterocycles. The molecule has 4 nitrogen and oxygen atoms in total. The molecule has 0 radical (unpaired) electrons. The molecule has 0 N–H and O–H groups in total. The molecular weight excluding hydrogens is 232 g/mol. The van der Waals surface area contributed by atoms with Gasteiger partial charge in [0.15, 0.2) is 0 Å². The molecule has 0 heterocycles. The monoisotopic (exact) mass is 252 g/mol. The Hall–Kier alpha value is -0.173. The van der Waals surface area contributed by atoms with Crippen molar-refractivity contribution in [3.05, 3.63) is 12.3 Å².